The Kier molecular flexibility index (Phi) is 5.81. The highest BCUT2D eigenvalue weighted by Crippen LogP contribution is 2.28. The summed E-state index contributed by atoms with van der Waals surface area (Å²) >= 11 is 0. The van der Waals surface area contributed by atoms with Crippen molar-refractivity contribution in [2.75, 3.05) is 19.6 Å². The second kappa shape index (κ2) is 8.25. The molecule has 1 aliphatic heterocycles. The highest BCUT2D eigenvalue weighted by molar-refractivity contribution is 5.79. The molecule has 2 N–H and O–H groups in total. The van der Waals surface area contributed by atoms with Gasteiger partial charge in [0.05, 0.1) is 12.2 Å². The van der Waals surface area contributed by atoms with E-state index in [0.29, 0.717) is 6.54 Å². The van der Waals surface area contributed by atoms with Crippen LogP contribution in [0.3, 0.4) is 0 Å². The van der Waals surface area contributed by atoms with Gasteiger partial charge in [-0.1, -0.05) is 18.2 Å². The standard InChI is InChI=1S/C20H29N5O/c1-5-21-20(22-11-10-18-14(2)24-25(4)15(18)3)23-13-17-12-16-8-6-7-9-19(16)26-17/h6-9,17H,5,10-13H2,1-4H3,(H2,21,22,23). The van der Waals surface area contributed by atoms with Crippen LogP contribution in [0.4, 0.5) is 0 Å². The molecule has 0 fully saturated rings. The average molecular weight is 355 g/mol. The highest BCUT2D eigenvalue weighted by Gasteiger charge is 2.21. The summed E-state index contributed by atoms with van der Waals surface area (Å²) in [5, 5.41) is 11.2. The second-order valence-corrected chi connectivity index (χ2v) is 6.72. The minimum absolute atomic E-state index is 0.116. The van der Waals surface area contributed by atoms with Gasteiger partial charge in [0.1, 0.15) is 11.9 Å². The average Bonchev–Trinajstić information content (AvgIpc) is 3.14. The van der Waals surface area contributed by atoms with E-state index in [1.807, 2.05) is 23.9 Å². The number of aromatic nitrogens is 2. The molecule has 2 heterocycles. The number of ether oxygens (including phenoxy) is 1. The Hall–Kier alpha value is -2.50. The fraction of sp³-hybridized carbons (Fsp3) is 0.500. The summed E-state index contributed by atoms with van der Waals surface area (Å²) in [6, 6.07) is 8.22. The minimum Gasteiger partial charge on any atom is -0.488 e. The van der Waals surface area contributed by atoms with E-state index in [1.165, 1.54) is 16.8 Å². The number of nitrogens with zero attached hydrogens (tertiary/aromatic N) is 3. The Morgan fingerprint density at radius 1 is 1.31 bits per heavy atom. The lowest BCUT2D eigenvalue weighted by atomic mass is 10.1. The number of hydrogen-bond donors (Lipinski definition) is 2. The van der Waals surface area contributed by atoms with E-state index in [-0.39, 0.29) is 6.10 Å². The van der Waals surface area contributed by atoms with Crippen LogP contribution in [0, 0.1) is 13.8 Å². The molecule has 1 unspecified atom stereocenters. The molecule has 0 bridgehead atoms. The number of fused-ring (bicyclic) bond motifs is 1. The van der Waals surface area contributed by atoms with Crippen LogP contribution >= 0.6 is 0 Å². The first kappa shape index (κ1) is 18.3. The summed E-state index contributed by atoms with van der Waals surface area (Å²) in [7, 11) is 1.99. The zero-order valence-electron chi connectivity index (χ0n) is 16.2. The lowest BCUT2D eigenvalue weighted by Crippen LogP contribution is -2.39. The third-order valence-corrected chi connectivity index (χ3v) is 4.84. The second-order valence-electron chi connectivity index (χ2n) is 6.72. The molecule has 0 saturated heterocycles. The first-order chi connectivity index (χ1) is 12.6. The van der Waals surface area contributed by atoms with Crippen LogP contribution in [0.1, 0.15) is 29.4 Å². The number of hydrogen-bond acceptors (Lipinski definition) is 3. The van der Waals surface area contributed by atoms with Crippen molar-refractivity contribution in [2.45, 2.75) is 39.7 Å². The van der Waals surface area contributed by atoms with Gasteiger partial charge in [-0.2, -0.15) is 5.10 Å². The molecule has 0 aliphatic carbocycles. The molecule has 6 heteroatoms. The zero-order chi connectivity index (χ0) is 18.5. The van der Waals surface area contributed by atoms with Crippen molar-refractivity contribution in [1.29, 1.82) is 0 Å². The summed E-state index contributed by atoms with van der Waals surface area (Å²) in [6.07, 6.45) is 1.97. The Morgan fingerprint density at radius 2 is 2.12 bits per heavy atom. The molecular weight excluding hydrogens is 326 g/mol. The van der Waals surface area contributed by atoms with Gasteiger partial charge in [0.15, 0.2) is 5.96 Å². The predicted molar refractivity (Wildman–Crippen MR) is 105 cm³/mol. The molecule has 6 nitrogen and oxygen atoms in total. The number of nitrogens with one attached hydrogen (secondary N) is 2. The molecular formula is C20H29N5O. The van der Waals surface area contributed by atoms with Gasteiger partial charge in [0.25, 0.3) is 0 Å². The minimum atomic E-state index is 0.116. The van der Waals surface area contributed by atoms with E-state index in [4.69, 9.17) is 9.73 Å². The van der Waals surface area contributed by atoms with Gasteiger partial charge in [0, 0.05) is 32.3 Å². The van der Waals surface area contributed by atoms with Gasteiger partial charge in [-0.3, -0.25) is 4.68 Å². The molecule has 0 radical (unpaired) electrons. The maximum Gasteiger partial charge on any atom is 0.191 e. The zero-order valence-corrected chi connectivity index (χ0v) is 16.2. The fourth-order valence-corrected chi connectivity index (χ4v) is 3.38. The maximum absolute atomic E-state index is 5.97. The fourth-order valence-electron chi connectivity index (χ4n) is 3.38. The van der Waals surface area contributed by atoms with Gasteiger partial charge in [0.2, 0.25) is 0 Å². The summed E-state index contributed by atoms with van der Waals surface area (Å²) in [5.74, 6) is 1.83. The third kappa shape index (κ3) is 4.18. The Morgan fingerprint density at radius 3 is 2.81 bits per heavy atom. The molecule has 0 spiro atoms. The van der Waals surface area contributed by atoms with Crippen LogP contribution < -0.4 is 15.4 Å². The van der Waals surface area contributed by atoms with Crippen LogP contribution in [-0.2, 0) is 19.9 Å². The molecule has 3 rings (SSSR count). The Labute approximate surface area is 155 Å². The molecule has 1 aromatic carbocycles. The summed E-state index contributed by atoms with van der Waals surface area (Å²) < 4.78 is 7.91. The van der Waals surface area contributed by atoms with Gasteiger partial charge in [-0.15, -0.1) is 0 Å². The lowest BCUT2D eigenvalue weighted by Gasteiger charge is -2.13. The number of guanidine groups is 1. The molecule has 0 amide bonds. The van der Waals surface area contributed by atoms with E-state index in [0.717, 1.165) is 43.3 Å². The summed E-state index contributed by atoms with van der Waals surface area (Å²) in [4.78, 5) is 4.71. The molecule has 1 aromatic heterocycles. The number of benzene rings is 1. The van der Waals surface area contributed by atoms with Crippen molar-refractivity contribution < 1.29 is 4.74 Å². The van der Waals surface area contributed by atoms with E-state index >= 15 is 0 Å². The van der Waals surface area contributed by atoms with Crippen molar-refractivity contribution in [1.82, 2.24) is 20.4 Å². The number of rotatable bonds is 6. The monoisotopic (exact) mass is 355 g/mol. The topological polar surface area (TPSA) is 63.5 Å². The van der Waals surface area contributed by atoms with Crippen LogP contribution in [0.15, 0.2) is 29.3 Å². The van der Waals surface area contributed by atoms with Crippen LogP contribution in [0.5, 0.6) is 5.75 Å². The molecule has 140 valence electrons. The van der Waals surface area contributed by atoms with Crippen molar-refractivity contribution in [3.63, 3.8) is 0 Å². The summed E-state index contributed by atoms with van der Waals surface area (Å²) in [5.41, 5.74) is 4.91. The number of aliphatic imine (C=N–C) groups is 1. The van der Waals surface area contributed by atoms with Gasteiger partial charge >= 0.3 is 0 Å². The van der Waals surface area contributed by atoms with Crippen molar-refractivity contribution in [3.8, 4) is 5.75 Å². The predicted octanol–water partition coefficient (Wildman–Crippen LogP) is 2.14. The van der Waals surface area contributed by atoms with Gasteiger partial charge < -0.3 is 15.4 Å². The van der Waals surface area contributed by atoms with E-state index in [2.05, 4.69) is 48.6 Å². The largest absolute Gasteiger partial charge is 0.488 e. The quantitative estimate of drug-likeness (QED) is 0.616. The van der Waals surface area contributed by atoms with Crippen molar-refractivity contribution in [3.05, 3.63) is 46.8 Å². The van der Waals surface area contributed by atoms with E-state index < -0.39 is 0 Å². The van der Waals surface area contributed by atoms with Gasteiger partial charge in [-0.05, 0) is 44.4 Å². The smallest absolute Gasteiger partial charge is 0.191 e. The van der Waals surface area contributed by atoms with E-state index in [9.17, 15) is 0 Å². The molecule has 0 saturated carbocycles. The van der Waals surface area contributed by atoms with Gasteiger partial charge in [-0.25, -0.2) is 4.99 Å². The molecule has 26 heavy (non-hydrogen) atoms. The Bertz CT molecular complexity index is 756. The van der Waals surface area contributed by atoms with Crippen LogP contribution in [0.25, 0.3) is 0 Å². The molecule has 1 atom stereocenters. The normalized spacial score (nSPS) is 16.3. The number of para-hydroxylation sites is 1. The third-order valence-electron chi connectivity index (χ3n) is 4.84. The van der Waals surface area contributed by atoms with E-state index in [1.54, 1.807) is 0 Å². The van der Waals surface area contributed by atoms with Crippen LogP contribution in [0.2, 0.25) is 0 Å². The Balaban J connectivity index is 1.53. The maximum atomic E-state index is 5.97. The first-order valence-electron chi connectivity index (χ1n) is 9.34. The van der Waals surface area contributed by atoms with Crippen molar-refractivity contribution in [2.24, 2.45) is 12.0 Å². The number of aryl methyl sites for hydroxylation is 2. The lowest BCUT2D eigenvalue weighted by molar-refractivity contribution is 0.241. The SMILES string of the molecule is CCNC(=NCC1Cc2ccccc2O1)NCCc1c(C)nn(C)c1C. The van der Waals surface area contributed by atoms with Crippen LogP contribution in [-0.4, -0.2) is 41.5 Å². The van der Waals surface area contributed by atoms with Crippen molar-refractivity contribution >= 4 is 5.96 Å². The molecule has 2 aromatic rings. The first-order valence-corrected chi connectivity index (χ1v) is 9.34. The molecule has 1 aliphatic rings. The highest BCUT2D eigenvalue weighted by atomic mass is 16.5. The summed E-state index contributed by atoms with van der Waals surface area (Å²) in [6.45, 7) is 8.57.